The summed E-state index contributed by atoms with van der Waals surface area (Å²) in [6, 6.07) is 11.1. The Labute approximate surface area is 112 Å². The highest BCUT2D eigenvalue weighted by Crippen LogP contribution is 2.20. The highest BCUT2D eigenvalue weighted by atomic mass is 32.1. The van der Waals surface area contributed by atoms with E-state index in [1.165, 1.54) is 11.3 Å². The van der Waals surface area contributed by atoms with Crippen LogP contribution in [0.25, 0.3) is 11.3 Å². The Morgan fingerprint density at radius 2 is 2.11 bits per heavy atom. The largest absolute Gasteiger partial charge is 0.355 e. The lowest BCUT2D eigenvalue weighted by Crippen LogP contribution is -2.11. The first-order chi connectivity index (χ1) is 9.33. The number of aromatic nitrogens is 2. The Morgan fingerprint density at radius 3 is 2.84 bits per heavy atom. The Bertz CT molecular complexity index is 677. The van der Waals surface area contributed by atoms with Gasteiger partial charge in [0.2, 0.25) is 0 Å². The van der Waals surface area contributed by atoms with Gasteiger partial charge in [-0.15, -0.1) is 11.3 Å². The zero-order chi connectivity index (χ0) is 13.1. The fraction of sp³-hybridized carbons (Fsp3) is 0. The molecule has 1 N–H and O–H groups in total. The lowest BCUT2D eigenvalue weighted by Gasteiger charge is -1.95. The first kappa shape index (κ1) is 11.6. The Morgan fingerprint density at radius 1 is 1.26 bits per heavy atom. The number of anilines is 1. The molecular formula is C13H9N3O2S. The predicted molar refractivity (Wildman–Crippen MR) is 72.0 cm³/mol. The van der Waals surface area contributed by atoms with E-state index in [1.807, 2.05) is 30.3 Å². The highest BCUT2D eigenvalue weighted by molar-refractivity contribution is 7.13. The smallest absolute Gasteiger partial charge is 0.279 e. The van der Waals surface area contributed by atoms with Crippen molar-refractivity contribution < 1.29 is 9.32 Å². The molecule has 0 atom stereocenters. The third-order valence-corrected chi connectivity index (χ3v) is 3.14. The van der Waals surface area contributed by atoms with Gasteiger partial charge in [0.05, 0.1) is 0 Å². The van der Waals surface area contributed by atoms with E-state index in [-0.39, 0.29) is 11.6 Å². The molecule has 0 unspecified atom stereocenters. The topological polar surface area (TPSA) is 68.0 Å². The van der Waals surface area contributed by atoms with Gasteiger partial charge in [-0.25, -0.2) is 4.98 Å². The quantitative estimate of drug-likeness (QED) is 0.795. The van der Waals surface area contributed by atoms with Crippen LogP contribution in [0.15, 0.2) is 52.5 Å². The summed E-state index contributed by atoms with van der Waals surface area (Å²) >= 11 is 1.35. The normalized spacial score (nSPS) is 10.3. The van der Waals surface area contributed by atoms with Gasteiger partial charge < -0.3 is 4.52 Å². The molecule has 0 aliphatic rings. The zero-order valence-corrected chi connectivity index (χ0v) is 10.6. The van der Waals surface area contributed by atoms with Crippen LogP contribution in [0, 0.1) is 0 Å². The average molecular weight is 271 g/mol. The summed E-state index contributed by atoms with van der Waals surface area (Å²) in [5, 5.41) is 8.73. The van der Waals surface area contributed by atoms with Crippen LogP contribution in [0.1, 0.15) is 10.5 Å². The maximum absolute atomic E-state index is 11.9. The second kappa shape index (κ2) is 5.03. The van der Waals surface area contributed by atoms with Crippen LogP contribution in [0.4, 0.5) is 5.13 Å². The summed E-state index contributed by atoms with van der Waals surface area (Å²) in [5.74, 6) is 0.228. The molecule has 5 nitrogen and oxygen atoms in total. The molecule has 0 saturated carbocycles. The van der Waals surface area contributed by atoms with Crippen molar-refractivity contribution in [1.29, 1.82) is 0 Å². The molecular weight excluding hydrogens is 262 g/mol. The van der Waals surface area contributed by atoms with Crippen LogP contribution in [0.3, 0.4) is 0 Å². The summed E-state index contributed by atoms with van der Waals surface area (Å²) in [5.41, 5.74) is 1.11. The molecule has 0 spiro atoms. The van der Waals surface area contributed by atoms with Crippen molar-refractivity contribution in [2.75, 3.05) is 5.32 Å². The number of nitrogens with zero attached hydrogens (tertiary/aromatic N) is 2. The number of hydrogen-bond acceptors (Lipinski definition) is 5. The second-order valence-electron chi connectivity index (χ2n) is 3.73. The van der Waals surface area contributed by atoms with Crippen LogP contribution >= 0.6 is 11.3 Å². The van der Waals surface area contributed by atoms with E-state index in [4.69, 9.17) is 4.52 Å². The van der Waals surface area contributed by atoms with Crippen molar-refractivity contribution in [3.05, 3.63) is 53.7 Å². The van der Waals surface area contributed by atoms with E-state index in [1.54, 1.807) is 17.6 Å². The highest BCUT2D eigenvalue weighted by Gasteiger charge is 2.14. The number of carbonyl (C=O) groups is 1. The second-order valence-corrected chi connectivity index (χ2v) is 4.63. The van der Waals surface area contributed by atoms with Crippen LogP contribution in [-0.4, -0.2) is 16.0 Å². The summed E-state index contributed by atoms with van der Waals surface area (Å²) in [6.07, 6.45) is 1.62. The van der Waals surface area contributed by atoms with E-state index in [2.05, 4.69) is 15.5 Å². The molecule has 0 radical (unpaired) electrons. The molecule has 6 heteroatoms. The average Bonchev–Trinajstić information content (AvgIpc) is 3.10. The molecule has 0 fully saturated rings. The summed E-state index contributed by atoms with van der Waals surface area (Å²) < 4.78 is 5.16. The van der Waals surface area contributed by atoms with E-state index in [0.29, 0.717) is 10.9 Å². The number of hydrogen-bond donors (Lipinski definition) is 1. The molecule has 0 bridgehead atoms. The van der Waals surface area contributed by atoms with Crippen molar-refractivity contribution in [3.8, 4) is 11.3 Å². The third kappa shape index (κ3) is 2.53. The summed E-state index contributed by atoms with van der Waals surface area (Å²) in [6.45, 7) is 0. The minimum absolute atomic E-state index is 0.231. The molecule has 0 saturated heterocycles. The summed E-state index contributed by atoms with van der Waals surface area (Å²) in [7, 11) is 0. The molecule has 1 aromatic carbocycles. The van der Waals surface area contributed by atoms with Gasteiger partial charge >= 0.3 is 0 Å². The number of thiazole rings is 1. The standard InChI is InChI=1S/C13H9N3O2S/c17-12(15-13-14-6-7-19-13)10-8-11(18-16-10)9-4-2-1-3-5-9/h1-8H,(H,14,15,17). The fourth-order valence-corrected chi connectivity index (χ4v) is 2.09. The van der Waals surface area contributed by atoms with Crippen LogP contribution in [0.5, 0.6) is 0 Å². The molecule has 3 aromatic rings. The molecule has 94 valence electrons. The minimum Gasteiger partial charge on any atom is -0.355 e. The van der Waals surface area contributed by atoms with Gasteiger partial charge in [-0.05, 0) is 0 Å². The predicted octanol–water partition coefficient (Wildman–Crippen LogP) is 3.05. The molecule has 1 amide bonds. The van der Waals surface area contributed by atoms with E-state index in [9.17, 15) is 4.79 Å². The molecule has 2 aromatic heterocycles. The lowest BCUT2D eigenvalue weighted by molar-refractivity contribution is 0.101. The van der Waals surface area contributed by atoms with Crippen molar-refractivity contribution in [3.63, 3.8) is 0 Å². The molecule has 3 rings (SSSR count). The van der Waals surface area contributed by atoms with E-state index >= 15 is 0 Å². The molecule has 2 heterocycles. The number of rotatable bonds is 3. The molecule has 0 aliphatic heterocycles. The maximum atomic E-state index is 11.9. The molecule has 19 heavy (non-hydrogen) atoms. The number of benzene rings is 1. The van der Waals surface area contributed by atoms with Gasteiger partial charge in [0.15, 0.2) is 16.6 Å². The Kier molecular flexibility index (Phi) is 3.07. The van der Waals surface area contributed by atoms with Gasteiger partial charge in [0.1, 0.15) is 0 Å². The maximum Gasteiger partial charge on any atom is 0.279 e. The van der Waals surface area contributed by atoms with Gasteiger partial charge in [0.25, 0.3) is 5.91 Å². The zero-order valence-electron chi connectivity index (χ0n) is 9.74. The van der Waals surface area contributed by atoms with Crippen molar-refractivity contribution in [2.45, 2.75) is 0 Å². The van der Waals surface area contributed by atoms with Crippen molar-refractivity contribution in [1.82, 2.24) is 10.1 Å². The Balaban J connectivity index is 1.80. The van der Waals surface area contributed by atoms with Gasteiger partial charge in [-0.3, -0.25) is 10.1 Å². The van der Waals surface area contributed by atoms with Crippen LogP contribution < -0.4 is 5.32 Å². The third-order valence-electron chi connectivity index (χ3n) is 2.45. The van der Waals surface area contributed by atoms with Gasteiger partial charge in [-0.1, -0.05) is 35.5 Å². The molecule has 0 aliphatic carbocycles. The number of amides is 1. The number of carbonyl (C=O) groups excluding carboxylic acids is 1. The SMILES string of the molecule is O=C(Nc1nccs1)c1cc(-c2ccccc2)on1. The van der Waals surface area contributed by atoms with E-state index in [0.717, 1.165) is 5.56 Å². The van der Waals surface area contributed by atoms with Gasteiger partial charge in [0, 0.05) is 23.2 Å². The summed E-state index contributed by atoms with van der Waals surface area (Å²) in [4.78, 5) is 15.9. The van der Waals surface area contributed by atoms with Crippen LogP contribution in [-0.2, 0) is 0 Å². The van der Waals surface area contributed by atoms with E-state index < -0.39 is 0 Å². The lowest BCUT2D eigenvalue weighted by atomic mass is 10.1. The van der Waals surface area contributed by atoms with Crippen LogP contribution in [0.2, 0.25) is 0 Å². The van der Waals surface area contributed by atoms with Crippen molar-refractivity contribution >= 4 is 22.4 Å². The minimum atomic E-state index is -0.333. The number of nitrogens with one attached hydrogen (secondary N) is 1. The fourth-order valence-electron chi connectivity index (χ4n) is 1.57. The van der Waals surface area contributed by atoms with Gasteiger partial charge in [-0.2, -0.15) is 0 Å². The first-order valence-corrected chi connectivity index (χ1v) is 6.44. The monoisotopic (exact) mass is 271 g/mol. The first-order valence-electron chi connectivity index (χ1n) is 5.56. The van der Waals surface area contributed by atoms with Crippen molar-refractivity contribution in [2.24, 2.45) is 0 Å². The Hall–Kier alpha value is -2.47.